The van der Waals surface area contributed by atoms with Crippen LogP contribution in [-0.4, -0.2) is 40.9 Å². The van der Waals surface area contributed by atoms with E-state index in [-0.39, 0.29) is 17.2 Å². The highest BCUT2D eigenvalue weighted by molar-refractivity contribution is 5.83. The molecule has 0 radical (unpaired) electrons. The normalized spacial score (nSPS) is 19.1. The monoisotopic (exact) mass is 359 g/mol. The summed E-state index contributed by atoms with van der Waals surface area (Å²) in [6, 6.07) is 7.24. The van der Waals surface area contributed by atoms with Crippen LogP contribution in [0.1, 0.15) is 55.7 Å². The maximum Gasteiger partial charge on any atom is 0.157 e. The van der Waals surface area contributed by atoms with Gasteiger partial charge >= 0.3 is 0 Å². The smallest absolute Gasteiger partial charge is 0.157 e. The lowest BCUT2D eigenvalue weighted by Crippen LogP contribution is -2.22. The van der Waals surface area contributed by atoms with Crippen LogP contribution >= 0.6 is 0 Å². The number of phenols is 1. The number of aldehydes is 1. The molecule has 3 rings (SSSR count). The van der Waals surface area contributed by atoms with Crippen LogP contribution in [-0.2, 0) is 0 Å². The summed E-state index contributed by atoms with van der Waals surface area (Å²) in [5, 5.41) is 17.6. The number of benzene rings is 1. The van der Waals surface area contributed by atoms with Gasteiger partial charge in [-0.15, -0.1) is 0 Å². The third-order valence-corrected chi connectivity index (χ3v) is 4.52. The number of phenolic OH excluding ortho intramolecular Hbond substituents is 1. The number of aromatic hydroxyl groups is 1. The van der Waals surface area contributed by atoms with Crippen molar-refractivity contribution >= 4 is 6.29 Å². The Balaban J connectivity index is 0.00000117. The highest BCUT2D eigenvalue weighted by Gasteiger charge is 2.32. The second-order valence-corrected chi connectivity index (χ2v) is 6.44. The molecule has 1 aliphatic rings. The lowest BCUT2D eigenvalue weighted by molar-refractivity contribution is 0.111. The molecule has 0 spiro atoms. The fourth-order valence-corrected chi connectivity index (χ4v) is 3.28. The van der Waals surface area contributed by atoms with Gasteiger partial charge in [0, 0.05) is 42.9 Å². The van der Waals surface area contributed by atoms with Crippen LogP contribution in [0.2, 0.25) is 0 Å². The summed E-state index contributed by atoms with van der Waals surface area (Å²) in [5.41, 5.74) is 1.40. The summed E-state index contributed by atoms with van der Waals surface area (Å²) in [6.45, 7) is 10.4. The molecule has 6 heteroatoms. The van der Waals surface area contributed by atoms with Crippen molar-refractivity contribution in [1.82, 2.24) is 15.1 Å². The van der Waals surface area contributed by atoms with E-state index in [4.69, 9.17) is 4.74 Å². The van der Waals surface area contributed by atoms with E-state index in [1.807, 2.05) is 20.0 Å². The van der Waals surface area contributed by atoms with Crippen molar-refractivity contribution in [2.24, 2.45) is 5.92 Å². The Labute approximate surface area is 155 Å². The summed E-state index contributed by atoms with van der Waals surface area (Å²) in [6.07, 6.45) is 2.47. The lowest BCUT2D eigenvalue weighted by Gasteiger charge is -2.22. The summed E-state index contributed by atoms with van der Waals surface area (Å²) in [4.78, 5) is 11.2. The molecule has 1 aromatic carbocycles. The molecular weight excluding hydrogens is 330 g/mol. The minimum absolute atomic E-state index is 0.0542. The van der Waals surface area contributed by atoms with E-state index in [0.29, 0.717) is 30.6 Å². The Morgan fingerprint density at radius 3 is 2.81 bits per heavy atom. The summed E-state index contributed by atoms with van der Waals surface area (Å²) >= 11 is 0. The molecule has 6 nitrogen and oxygen atoms in total. The Hall–Kier alpha value is -2.34. The first-order chi connectivity index (χ1) is 12.6. The molecule has 0 bridgehead atoms. The number of ether oxygens (including phenoxy) is 1. The third-order valence-electron chi connectivity index (χ3n) is 4.52. The van der Waals surface area contributed by atoms with Gasteiger partial charge in [-0.1, -0.05) is 19.9 Å². The number of aromatic nitrogens is 2. The van der Waals surface area contributed by atoms with E-state index in [1.165, 1.54) is 11.8 Å². The number of nitrogens with zero attached hydrogens (tertiary/aromatic N) is 2. The SMILES string of the molecule is CC.CC(C)n1nccc1C1CNCC1COc1cccc(O)c1C=O. The molecular formula is C20H29N3O3. The van der Waals surface area contributed by atoms with Gasteiger partial charge < -0.3 is 15.2 Å². The molecule has 2 heterocycles. The van der Waals surface area contributed by atoms with Crippen LogP contribution in [0.25, 0.3) is 0 Å². The first-order valence-electron chi connectivity index (χ1n) is 9.26. The standard InChI is InChI=1S/C18H23N3O3.C2H6/c1-12(2)21-16(6-7-20-21)14-9-19-8-13(14)11-24-18-5-3-4-17(23)15(18)10-22;1-2/h3-7,10,12-14,19,23H,8-9,11H2,1-2H3;1-2H3. The lowest BCUT2D eigenvalue weighted by atomic mass is 9.93. The van der Waals surface area contributed by atoms with Crippen molar-refractivity contribution < 1.29 is 14.6 Å². The van der Waals surface area contributed by atoms with Crippen molar-refractivity contribution in [2.75, 3.05) is 19.7 Å². The fraction of sp³-hybridized carbons (Fsp3) is 0.500. The van der Waals surface area contributed by atoms with Gasteiger partial charge in [-0.05, 0) is 32.0 Å². The second-order valence-electron chi connectivity index (χ2n) is 6.44. The molecule has 0 aliphatic carbocycles. The highest BCUT2D eigenvalue weighted by Crippen LogP contribution is 2.31. The predicted octanol–water partition coefficient (Wildman–Crippen LogP) is 3.39. The maximum absolute atomic E-state index is 11.2. The van der Waals surface area contributed by atoms with Gasteiger partial charge in [0.15, 0.2) is 6.29 Å². The molecule has 0 saturated carbocycles. The van der Waals surface area contributed by atoms with Crippen LogP contribution in [0.4, 0.5) is 0 Å². The molecule has 0 amide bonds. The fourth-order valence-electron chi connectivity index (χ4n) is 3.28. The summed E-state index contributed by atoms with van der Waals surface area (Å²) in [7, 11) is 0. The Kier molecular flexibility index (Phi) is 7.21. The number of hydrogen-bond donors (Lipinski definition) is 2. The van der Waals surface area contributed by atoms with Crippen molar-refractivity contribution in [3.63, 3.8) is 0 Å². The molecule has 142 valence electrons. The third kappa shape index (κ3) is 4.25. The van der Waals surface area contributed by atoms with Gasteiger partial charge in [-0.3, -0.25) is 9.48 Å². The van der Waals surface area contributed by atoms with Gasteiger partial charge in [0.25, 0.3) is 0 Å². The molecule has 1 saturated heterocycles. The van der Waals surface area contributed by atoms with Gasteiger partial charge in [0.05, 0.1) is 12.2 Å². The first-order valence-corrected chi connectivity index (χ1v) is 9.26. The van der Waals surface area contributed by atoms with Gasteiger partial charge in [-0.2, -0.15) is 5.10 Å². The average molecular weight is 359 g/mol. The van der Waals surface area contributed by atoms with Gasteiger partial charge in [0.1, 0.15) is 11.5 Å². The zero-order valence-electron chi connectivity index (χ0n) is 16.0. The topological polar surface area (TPSA) is 76.4 Å². The zero-order chi connectivity index (χ0) is 19.1. The minimum Gasteiger partial charge on any atom is -0.507 e. The van der Waals surface area contributed by atoms with E-state index in [0.717, 1.165) is 13.1 Å². The van der Waals surface area contributed by atoms with Crippen LogP contribution in [0.15, 0.2) is 30.5 Å². The first kappa shape index (κ1) is 20.0. The molecule has 2 atom stereocenters. The number of carbonyl (C=O) groups is 1. The number of nitrogens with one attached hydrogen (secondary N) is 1. The van der Waals surface area contributed by atoms with Gasteiger partial charge in [-0.25, -0.2) is 0 Å². The van der Waals surface area contributed by atoms with E-state index in [9.17, 15) is 9.90 Å². The Bertz CT molecular complexity index is 712. The molecule has 2 N–H and O–H groups in total. The van der Waals surface area contributed by atoms with Crippen LogP contribution < -0.4 is 10.1 Å². The average Bonchev–Trinajstić information content (AvgIpc) is 3.30. The van der Waals surface area contributed by atoms with E-state index in [2.05, 4.69) is 35.0 Å². The van der Waals surface area contributed by atoms with Crippen LogP contribution in [0.5, 0.6) is 11.5 Å². The van der Waals surface area contributed by atoms with Crippen molar-refractivity contribution in [3.05, 3.63) is 41.7 Å². The van der Waals surface area contributed by atoms with Crippen molar-refractivity contribution in [2.45, 2.75) is 39.7 Å². The van der Waals surface area contributed by atoms with Gasteiger partial charge in [0.2, 0.25) is 0 Å². The number of rotatable bonds is 6. The van der Waals surface area contributed by atoms with E-state index < -0.39 is 0 Å². The number of carbonyl (C=O) groups excluding carboxylic acids is 1. The molecule has 1 aromatic heterocycles. The Morgan fingerprint density at radius 1 is 1.35 bits per heavy atom. The molecule has 2 unspecified atom stereocenters. The molecule has 26 heavy (non-hydrogen) atoms. The van der Waals surface area contributed by atoms with Crippen LogP contribution in [0, 0.1) is 5.92 Å². The second kappa shape index (κ2) is 9.38. The molecule has 1 fully saturated rings. The van der Waals surface area contributed by atoms with Crippen molar-refractivity contribution in [1.29, 1.82) is 0 Å². The zero-order valence-corrected chi connectivity index (χ0v) is 16.0. The van der Waals surface area contributed by atoms with E-state index >= 15 is 0 Å². The maximum atomic E-state index is 11.2. The highest BCUT2D eigenvalue weighted by atomic mass is 16.5. The summed E-state index contributed by atoms with van der Waals surface area (Å²) in [5.74, 6) is 0.961. The molecule has 2 aromatic rings. The van der Waals surface area contributed by atoms with Crippen LogP contribution in [0.3, 0.4) is 0 Å². The van der Waals surface area contributed by atoms with Crippen molar-refractivity contribution in [3.8, 4) is 11.5 Å². The predicted molar refractivity (Wildman–Crippen MR) is 102 cm³/mol. The summed E-state index contributed by atoms with van der Waals surface area (Å²) < 4.78 is 7.91. The Morgan fingerprint density at radius 2 is 2.12 bits per heavy atom. The molecule has 1 aliphatic heterocycles. The number of hydrogen-bond acceptors (Lipinski definition) is 5. The largest absolute Gasteiger partial charge is 0.507 e. The van der Waals surface area contributed by atoms with E-state index in [1.54, 1.807) is 12.1 Å². The quantitative estimate of drug-likeness (QED) is 0.773. The minimum atomic E-state index is -0.0542.